The lowest BCUT2D eigenvalue weighted by Gasteiger charge is -2.21. The van der Waals surface area contributed by atoms with Gasteiger partial charge >= 0.3 is 6.03 Å². The van der Waals surface area contributed by atoms with E-state index in [-0.39, 0.29) is 19.0 Å². The van der Waals surface area contributed by atoms with Crippen LogP contribution >= 0.6 is 0 Å². The molecule has 1 aromatic carbocycles. The maximum Gasteiger partial charge on any atom is 0.321 e. The topological polar surface area (TPSA) is 99.8 Å². The maximum absolute atomic E-state index is 12.4. The number of amides is 4. The number of rotatable bonds is 10. The lowest BCUT2D eigenvalue weighted by Crippen LogP contribution is -2.46. The quantitative estimate of drug-likeness (QED) is 0.572. The molecule has 0 atom stereocenters. The lowest BCUT2D eigenvalue weighted by molar-refractivity contribution is -0.122. The van der Waals surface area contributed by atoms with Crippen LogP contribution < -0.4 is 16.0 Å². The number of carbonyl (C=O) groups excluding carboxylic acids is 3. The van der Waals surface area contributed by atoms with Gasteiger partial charge in [0.25, 0.3) is 0 Å². The van der Waals surface area contributed by atoms with Gasteiger partial charge in [0.1, 0.15) is 0 Å². The summed E-state index contributed by atoms with van der Waals surface area (Å²) in [5.74, 6) is -0.706. The van der Waals surface area contributed by atoms with Crippen LogP contribution in [-0.4, -0.2) is 62.6 Å². The Balaban J connectivity index is 2.62. The molecule has 1 aromatic rings. The first kappa shape index (κ1) is 22.6. The molecule has 0 unspecified atom stereocenters. The van der Waals surface area contributed by atoms with Crippen molar-refractivity contribution in [2.75, 3.05) is 45.2 Å². The van der Waals surface area contributed by atoms with E-state index < -0.39 is 11.9 Å². The number of nitrogens with zero attached hydrogens (tertiary/aromatic N) is 1. The molecule has 0 heterocycles. The number of hydrogen-bond donors (Lipinski definition) is 3. The third kappa shape index (κ3) is 8.65. The predicted octanol–water partition coefficient (Wildman–Crippen LogP) is 1.43. The summed E-state index contributed by atoms with van der Waals surface area (Å²) in [6.07, 6.45) is 0.778. The summed E-state index contributed by atoms with van der Waals surface area (Å²) < 4.78 is 5.04. The molecule has 150 valence electrons. The number of anilines is 1. The summed E-state index contributed by atoms with van der Waals surface area (Å²) in [5.41, 5.74) is 2.83. The summed E-state index contributed by atoms with van der Waals surface area (Å²) >= 11 is 0. The van der Waals surface area contributed by atoms with E-state index in [1.165, 1.54) is 0 Å². The number of aryl methyl sites for hydroxylation is 1. The molecule has 0 aromatic heterocycles. The van der Waals surface area contributed by atoms with Crippen molar-refractivity contribution in [1.82, 2.24) is 15.5 Å². The lowest BCUT2D eigenvalue weighted by atomic mass is 10.1. The second-order valence-electron chi connectivity index (χ2n) is 6.30. The van der Waals surface area contributed by atoms with Gasteiger partial charge in [0.15, 0.2) is 0 Å². The average molecular weight is 378 g/mol. The summed E-state index contributed by atoms with van der Waals surface area (Å²) in [7, 11) is 1.55. The van der Waals surface area contributed by atoms with Gasteiger partial charge in [0.05, 0.1) is 19.7 Å². The number of carbonyl (C=O) groups is 3. The van der Waals surface area contributed by atoms with E-state index in [9.17, 15) is 14.4 Å². The summed E-state index contributed by atoms with van der Waals surface area (Å²) in [6.45, 7) is 7.02. The van der Waals surface area contributed by atoms with Crippen LogP contribution in [0.2, 0.25) is 0 Å². The van der Waals surface area contributed by atoms with Crippen LogP contribution in [-0.2, 0) is 14.3 Å². The van der Waals surface area contributed by atoms with E-state index in [2.05, 4.69) is 16.0 Å². The Labute approximate surface area is 160 Å². The molecule has 0 saturated heterocycles. The zero-order valence-corrected chi connectivity index (χ0v) is 16.6. The third-order valence-corrected chi connectivity index (χ3v) is 4.01. The smallest absolute Gasteiger partial charge is 0.321 e. The fourth-order valence-electron chi connectivity index (χ4n) is 2.37. The minimum absolute atomic E-state index is 0.0146. The van der Waals surface area contributed by atoms with E-state index in [0.29, 0.717) is 19.7 Å². The Morgan fingerprint density at radius 2 is 1.81 bits per heavy atom. The van der Waals surface area contributed by atoms with E-state index in [4.69, 9.17) is 4.74 Å². The summed E-state index contributed by atoms with van der Waals surface area (Å²) in [5, 5.41) is 7.70. The maximum atomic E-state index is 12.4. The van der Waals surface area contributed by atoms with Crippen molar-refractivity contribution in [3.8, 4) is 0 Å². The zero-order valence-electron chi connectivity index (χ0n) is 16.6. The van der Waals surface area contributed by atoms with Crippen LogP contribution in [0.5, 0.6) is 0 Å². The van der Waals surface area contributed by atoms with Gasteiger partial charge in [-0.15, -0.1) is 0 Å². The monoisotopic (exact) mass is 378 g/mol. The van der Waals surface area contributed by atoms with Gasteiger partial charge in [0, 0.05) is 25.9 Å². The summed E-state index contributed by atoms with van der Waals surface area (Å²) in [6, 6.07) is 5.16. The van der Waals surface area contributed by atoms with Crippen LogP contribution in [0.4, 0.5) is 10.5 Å². The minimum Gasteiger partial charge on any atom is -0.383 e. The molecule has 0 saturated carbocycles. The number of imide groups is 1. The molecule has 0 aliphatic rings. The van der Waals surface area contributed by atoms with Gasteiger partial charge in [-0.1, -0.05) is 19.1 Å². The SMILES string of the molecule is CCCNC(=O)NC(=O)CN(CCOC)CC(=O)Nc1cccc(C)c1C. The molecule has 0 aliphatic carbocycles. The molecule has 4 amide bonds. The van der Waals surface area contributed by atoms with Gasteiger partial charge < -0.3 is 15.4 Å². The van der Waals surface area contributed by atoms with Crippen LogP contribution in [0.25, 0.3) is 0 Å². The average Bonchev–Trinajstić information content (AvgIpc) is 2.61. The highest BCUT2D eigenvalue weighted by molar-refractivity contribution is 5.96. The van der Waals surface area contributed by atoms with Gasteiger partial charge in [0.2, 0.25) is 11.8 Å². The molecule has 8 heteroatoms. The summed E-state index contributed by atoms with van der Waals surface area (Å²) in [4.78, 5) is 37.6. The Morgan fingerprint density at radius 3 is 2.48 bits per heavy atom. The van der Waals surface area contributed by atoms with Crippen LogP contribution in [0.1, 0.15) is 24.5 Å². The van der Waals surface area contributed by atoms with Crippen LogP contribution in [0.3, 0.4) is 0 Å². The molecule has 0 radical (unpaired) electrons. The van der Waals surface area contributed by atoms with Crippen molar-refractivity contribution in [3.63, 3.8) is 0 Å². The van der Waals surface area contributed by atoms with Crippen LogP contribution in [0, 0.1) is 13.8 Å². The Bertz CT molecular complexity index is 649. The van der Waals surface area contributed by atoms with E-state index in [1.807, 2.05) is 39.0 Å². The molecule has 1 rings (SSSR count). The molecule has 3 N–H and O–H groups in total. The molecule has 8 nitrogen and oxygen atoms in total. The first-order valence-corrected chi connectivity index (χ1v) is 9.02. The highest BCUT2D eigenvalue weighted by Crippen LogP contribution is 2.17. The molecule has 27 heavy (non-hydrogen) atoms. The normalized spacial score (nSPS) is 10.6. The number of methoxy groups -OCH3 is 1. The predicted molar refractivity (Wildman–Crippen MR) is 105 cm³/mol. The van der Waals surface area contributed by atoms with Gasteiger partial charge in [-0.2, -0.15) is 0 Å². The Morgan fingerprint density at radius 1 is 1.11 bits per heavy atom. The van der Waals surface area contributed by atoms with Crippen molar-refractivity contribution >= 4 is 23.5 Å². The van der Waals surface area contributed by atoms with Crippen molar-refractivity contribution in [3.05, 3.63) is 29.3 Å². The highest BCUT2D eigenvalue weighted by atomic mass is 16.5. The number of nitrogens with one attached hydrogen (secondary N) is 3. The second-order valence-corrected chi connectivity index (χ2v) is 6.30. The number of ether oxygens (including phenoxy) is 1. The second kappa shape index (κ2) is 12.0. The van der Waals surface area contributed by atoms with E-state index in [1.54, 1.807) is 12.0 Å². The Kier molecular flexibility index (Phi) is 10.1. The van der Waals surface area contributed by atoms with Crippen molar-refractivity contribution in [1.29, 1.82) is 0 Å². The van der Waals surface area contributed by atoms with E-state index in [0.717, 1.165) is 23.2 Å². The van der Waals surface area contributed by atoms with Crippen molar-refractivity contribution < 1.29 is 19.1 Å². The molecular weight excluding hydrogens is 348 g/mol. The highest BCUT2D eigenvalue weighted by Gasteiger charge is 2.17. The van der Waals surface area contributed by atoms with Gasteiger partial charge in [-0.05, 0) is 37.5 Å². The largest absolute Gasteiger partial charge is 0.383 e. The minimum atomic E-state index is -0.534. The fourth-order valence-corrected chi connectivity index (χ4v) is 2.37. The molecular formula is C19H30N4O4. The van der Waals surface area contributed by atoms with Gasteiger partial charge in [-0.25, -0.2) is 4.79 Å². The number of benzene rings is 1. The molecule has 0 spiro atoms. The first-order chi connectivity index (χ1) is 12.9. The molecule has 0 bridgehead atoms. The first-order valence-electron chi connectivity index (χ1n) is 9.02. The standard InChI is InChI=1S/C19H30N4O4/c1-5-9-20-19(26)22-18(25)13-23(10-11-27-4)12-17(24)21-16-8-6-7-14(2)15(16)3/h6-8H,5,9-13H2,1-4H3,(H,21,24)(H2,20,22,25,26). The van der Waals surface area contributed by atoms with Gasteiger partial charge in [-0.3, -0.25) is 19.8 Å². The molecule has 0 fully saturated rings. The molecule has 0 aliphatic heterocycles. The zero-order chi connectivity index (χ0) is 20.2. The Hall–Kier alpha value is -2.45. The van der Waals surface area contributed by atoms with Crippen LogP contribution in [0.15, 0.2) is 18.2 Å². The van der Waals surface area contributed by atoms with Crippen molar-refractivity contribution in [2.45, 2.75) is 27.2 Å². The number of hydrogen-bond acceptors (Lipinski definition) is 5. The van der Waals surface area contributed by atoms with Crippen molar-refractivity contribution in [2.24, 2.45) is 0 Å². The number of urea groups is 1. The fraction of sp³-hybridized carbons (Fsp3) is 0.526. The van der Waals surface area contributed by atoms with E-state index >= 15 is 0 Å². The third-order valence-electron chi connectivity index (χ3n) is 4.01.